The summed E-state index contributed by atoms with van der Waals surface area (Å²) >= 11 is 9.56. The molecule has 0 spiro atoms. The number of amides is 3. The number of esters is 1. The maximum atomic E-state index is 13.4. The van der Waals surface area contributed by atoms with Crippen LogP contribution < -0.4 is 5.32 Å². The number of carbonyl (C=O) groups is 4. The zero-order valence-corrected chi connectivity index (χ0v) is 22.1. The van der Waals surface area contributed by atoms with Crippen LogP contribution in [-0.2, 0) is 30.3 Å². The minimum Gasteiger partial charge on any atom is -0.454 e. The molecule has 3 fully saturated rings. The van der Waals surface area contributed by atoms with Gasteiger partial charge in [-0.25, -0.2) is 4.79 Å². The fourth-order valence-corrected chi connectivity index (χ4v) is 6.66. The van der Waals surface area contributed by atoms with Crippen LogP contribution >= 0.6 is 27.5 Å². The number of benzene rings is 2. The molecule has 2 aromatic rings. The Kier molecular flexibility index (Phi) is 6.92. The van der Waals surface area contributed by atoms with Gasteiger partial charge in [-0.05, 0) is 77.2 Å². The van der Waals surface area contributed by atoms with Gasteiger partial charge in [0.05, 0.1) is 16.9 Å². The summed E-state index contributed by atoms with van der Waals surface area (Å²) in [6.45, 7) is 1.21. The number of ether oxygens (including phenoxy) is 1. The Labute approximate surface area is 222 Å². The second-order valence-electron chi connectivity index (χ2n) is 9.83. The third-order valence-corrected chi connectivity index (χ3v) is 9.15. The molecule has 188 valence electrons. The highest BCUT2D eigenvalue weighted by Crippen LogP contribution is 2.56. The standard InChI is InChI=1S/C27H26BrClN2O5/c1-14-19(10-9-18(28)24(14)29)30-21(32)13-36-27(35)20(11-15-5-3-2-4-6-15)31-25(33)22-16-7-8-17(12-16)23(22)26(31)34/h2-6,9-10,16-17,20,22-23H,7-8,11-13H2,1H3,(H,30,32)/t16-,17-,20-,22+,23+/m0/s1. The van der Waals surface area contributed by atoms with Crippen molar-refractivity contribution in [3.8, 4) is 0 Å². The van der Waals surface area contributed by atoms with Gasteiger partial charge in [0.25, 0.3) is 5.91 Å². The van der Waals surface area contributed by atoms with Crippen LogP contribution in [0.2, 0.25) is 5.02 Å². The summed E-state index contributed by atoms with van der Waals surface area (Å²) in [5.74, 6) is -2.13. The molecule has 0 unspecified atom stereocenters. The van der Waals surface area contributed by atoms with Crippen LogP contribution in [0, 0.1) is 30.6 Å². The van der Waals surface area contributed by atoms with Gasteiger partial charge in [0.2, 0.25) is 11.8 Å². The number of halogens is 2. The number of imide groups is 1. The minimum atomic E-state index is -1.12. The largest absolute Gasteiger partial charge is 0.454 e. The summed E-state index contributed by atoms with van der Waals surface area (Å²) in [5.41, 5.74) is 1.96. The maximum Gasteiger partial charge on any atom is 0.330 e. The van der Waals surface area contributed by atoms with Gasteiger partial charge in [-0.3, -0.25) is 19.3 Å². The Hall–Kier alpha value is -2.71. The van der Waals surface area contributed by atoms with Crippen LogP contribution in [0.5, 0.6) is 0 Å². The first-order chi connectivity index (χ1) is 17.3. The van der Waals surface area contributed by atoms with Crippen molar-refractivity contribution in [2.75, 3.05) is 11.9 Å². The van der Waals surface area contributed by atoms with E-state index in [0.29, 0.717) is 20.7 Å². The number of carbonyl (C=O) groups excluding carboxylic acids is 4. The molecule has 1 aliphatic heterocycles. The topological polar surface area (TPSA) is 92.8 Å². The van der Waals surface area contributed by atoms with Crippen molar-refractivity contribution in [2.24, 2.45) is 23.7 Å². The van der Waals surface area contributed by atoms with Gasteiger partial charge in [-0.1, -0.05) is 41.9 Å². The molecule has 1 heterocycles. The van der Waals surface area contributed by atoms with Gasteiger partial charge in [-0.2, -0.15) is 0 Å². The van der Waals surface area contributed by atoms with Crippen molar-refractivity contribution in [2.45, 2.75) is 38.6 Å². The predicted octanol–water partition coefficient (Wildman–Crippen LogP) is 4.54. The first kappa shape index (κ1) is 25.0. The SMILES string of the molecule is Cc1c(NC(=O)COC(=O)[C@H](Cc2ccccc2)N2C(=O)[C@@H]3[C@H]4CC[C@@H](C4)[C@H]3C2=O)ccc(Br)c1Cl. The Balaban J connectivity index is 1.32. The normalized spacial score (nSPS) is 25.1. The molecule has 0 aromatic heterocycles. The lowest BCUT2D eigenvalue weighted by Crippen LogP contribution is -2.48. The van der Waals surface area contributed by atoms with Crippen LogP contribution in [0.3, 0.4) is 0 Å². The molecule has 7 nitrogen and oxygen atoms in total. The smallest absolute Gasteiger partial charge is 0.330 e. The van der Waals surface area contributed by atoms with Crippen molar-refractivity contribution in [3.05, 3.63) is 63.1 Å². The minimum absolute atomic E-state index is 0.134. The Morgan fingerprint density at radius 2 is 1.72 bits per heavy atom. The number of likely N-dealkylation sites (tertiary alicyclic amines) is 1. The molecular formula is C27H26BrClN2O5. The first-order valence-corrected chi connectivity index (χ1v) is 13.2. The van der Waals surface area contributed by atoms with Crippen LogP contribution in [-0.4, -0.2) is 41.2 Å². The Morgan fingerprint density at radius 1 is 1.08 bits per heavy atom. The number of nitrogens with one attached hydrogen (secondary N) is 1. The van der Waals surface area contributed by atoms with E-state index in [-0.39, 0.29) is 41.9 Å². The highest BCUT2D eigenvalue weighted by atomic mass is 79.9. The number of hydrogen-bond donors (Lipinski definition) is 1. The van der Waals surface area contributed by atoms with Gasteiger partial charge < -0.3 is 10.1 Å². The van der Waals surface area contributed by atoms with Crippen LogP contribution in [0.25, 0.3) is 0 Å². The molecule has 2 aliphatic carbocycles. The molecule has 5 atom stereocenters. The Bertz CT molecular complexity index is 1210. The monoisotopic (exact) mass is 572 g/mol. The van der Waals surface area contributed by atoms with E-state index in [1.807, 2.05) is 30.3 Å². The molecule has 0 radical (unpaired) electrons. The molecule has 3 amide bonds. The molecule has 9 heteroatoms. The van der Waals surface area contributed by atoms with Crippen LogP contribution in [0.1, 0.15) is 30.4 Å². The van der Waals surface area contributed by atoms with Crippen molar-refractivity contribution >= 4 is 56.9 Å². The number of hydrogen-bond acceptors (Lipinski definition) is 5. The van der Waals surface area contributed by atoms with E-state index in [0.717, 1.165) is 29.7 Å². The fourth-order valence-electron chi connectivity index (χ4n) is 6.06. The predicted molar refractivity (Wildman–Crippen MR) is 137 cm³/mol. The molecule has 2 aromatic carbocycles. The third-order valence-electron chi connectivity index (χ3n) is 7.78. The fraction of sp³-hybridized carbons (Fsp3) is 0.407. The van der Waals surface area contributed by atoms with E-state index in [2.05, 4.69) is 21.2 Å². The Morgan fingerprint density at radius 3 is 2.36 bits per heavy atom. The molecule has 1 saturated heterocycles. The zero-order valence-electron chi connectivity index (χ0n) is 19.7. The van der Waals surface area contributed by atoms with Crippen molar-refractivity contribution in [1.82, 2.24) is 4.90 Å². The summed E-state index contributed by atoms with van der Waals surface area (Å²) in [7, 11) is 0. The summed E-state index contributed by atoms with van der Waals surface area (Å²) in [6.07, 6.45) is 2.95. The summed E-state index contributed by atoms with van der Waals surface area (Å²) < 4.78 is 6.07. The van der Waals surface area contributed by atoms with Crippen molar-refractivity contribution < 1.29 is 23.9 Å². The summed E-state index contributed by atoms with van der Waals surface area (Å²) in [5, 5.41) is 3.16. The first-order valence-electron chi connectivity index (χ1n) is 12.1. The van der Waals surface area contributed by atoms with E-state index >= 15 is 0 Å². The molecule has 3 aliphatic rings. The highest BCUT2D eigenvalue weighted by molar-refractivity contribution is 9.10. The summed E-state index contributed by atoms with van der Waals surface area (Å²) in [6, 6.07) is 11.5. The van der Waals surface area contributed by atoms with Gasteiger partial charge in [0.1, 0.15) is 6.04 Å². The number of anilines is 1. The summed E-state index contributed by atoms with van der Waals surface area (Å²) in [4.78, 5) is 53.8. The van der Waals surface area contributed by atoms with E-state index in [1.165, 1.54) is 0 Å². The van der Waals surface area contributed by atoms with Crippen molar-refractivity contribution in [3.63, 3.8) is 0 Å². The van der Waals surface area contributed by atoms with Gasteiger partial charge in [0.15, 0.2) is 6.61 Å². The molecule has 2 saturated carbocycles. The van der Waals surface area contributed by atoms with E-state index in [1.54, 1.807) is 19.1 Å². The number of fused-ring (bicyclic) bond motifs is 5. The van der Waals surface area contributed by atoms with Gasteiger partial charge in [-0.15, -0.1) is 0 Å². The van der Waals surface area contributed by atoms with Crippen LogP contribution in [0.15, 0.2) is 46.9 Å². The third kappa shape index (κ3) is 4.45. The lowest BCUT2D eigenvalue weighted by molar-refractivity contribution is -0.160. The maximum absolute atomic E-state index is 13.4. The molecule has 5 rings (SSSR count). The lowest BCUT2D eigenvalue weighted by Gasteiger charge is -2.26. The average molecular weight is 574 g/mol. The van der Waals surface area contributed by atoms with Crippen LogP contribution in [0.4, 0.5) is 5.69 Å². The van der Waals surface area contributed by atoms with Gasteiger partial charge in [0, 0.05) is 16.6 Å². The average Bonchev–Trinajstić information content (AvgIpc) is 3.56. The second-order valence-corrected chi connectivity index (χ2v) is 11.1. The molecular weight excluding hydrogens is 548 g/mol. The van der Waals surface area contributed by atoms with Crippen molar-refractivity contribution in [1.29, 1.82) is 0 Å². The number of nitrogens with zero attached hydrogens (tertiary/aromatic N) is 1. The molecule has 36 heavy (non-hydrogen) atoms. The second kappa shape index (κ2) is 9.98. The lowest BCUT2D eigenvalue weighted by atomic mass is 9.81. The quantitative estimate of drug-likeness (QED) is 0.388. The van der Waals surface area contributed by atoms with E-state index in [4.69, 9.17) is 16.3 Å². The van der Waals surface area contributed by atoms with E-state index in [9.17, 15) is 19.2 Å². The molecule has 1 N–H and O–H groups in total. The number of rotatable bonds is 7. The highest BCUT2D eigenvalue weighted by Gasteiger charge is 2.62. The van der Waals surface area contributed by atoms with E-state index < -0.39 is 24.5 Å². The zero-order chi connectivity index (χ0) is 25.6. The van der Waals surface area contributed by atoms with Gasteiger partial charge >= 0.3 is 5.97 Å². The molecule has 2 bridgehead atoms.